The normalized spacial score (nSPS) is 20.7. The van der Waals surface area contributed by atoms with Crippen LogP contribution in [0.1, 0.15) is 46.6 Å². The van der Waals surface area contributed by atoms with Gasteiger partial charge in [0.2, 0.25) is 0 Å². The van der Waals surface area contributed by atoms with Gasteiger partial charge < -0.3 is 15.0 Å². The highest BCUT2D eigenvalue weighted by atomic mass is 35.5. The molecule has 3 aromatic rings. The van der Waals surface area contributed by atoms with Crippen molar-refractivity contribution < 1.29 is 4.74 Å². The summed E-state index contributed by atoms with van der Waals surface area (Å²) in [5, 5.41) is 14.6. The van der Waals surface area contributed by atoms with Crippen molar-refractivity contribution in [1.82, 2.24) is 25.0 Å². The van der Waals surface area contributed by atoms with E-state index in [2.05, 4.69) is 25.0 Å². The number of hydrogen-bond acceptors (Lipinski definition) is 6. The van der Waals surface area contributed by atoms with Gasteiger partial charge in [-0.2, -0.15) is 0 Å². The van der Waals surface area contributed by atoms with Crippen molar-refractivity contribution >= 4 is 46.0 Å². The van der Waals surface area contributed by atoms with Gasteiger partial charge in [0.05, 0.1) is 18.5 Å². The molecular formula is C24H23ClN6OS2. The van der Waals surface area contributed by atoms with Crippen molar-refractivity contribution in [3.63, 3.8) is 0 Å². The topological polar surface area (TPSA) is 67.6 Å². The molecule has 3 aliphatic heterocycles. The van der Waals surface area contributed by atoms with Crippen molar-refractivity contribution in [2.24, 2.45) is 4.99 Å². The third-order valence-corrected chi connectivity index (χ3v) is 8.36. The summed E-state index contributed by atoms with van der Waals surface area (Å²) in [6.07, 6.45) is 5.38. The van der Waals surface area contributed by atoms with Crippen LogP contribution in [-0.2, 0) is 24.2 Å². The minimum atomic E-state index is -0.484. The number of nitrogens with zero attached hydrogens (tertiary/aromatic N) is 5. The summed E-state index contributed by atoms with van der Waals surface area (Å²) < 4.78 is 7.86. The molecule has 174 valence electrons. The van der Waals surface area contributed by atoms with Crippen LogP contribution in [0, 0.1) is 6.92 Å². The largest absolute Gasteiger partial charge is 0.476 e. The fourth-order valence-electron chi connectivity index (χ4n) is 4.74. The molecule has 7 nitrogen and oxygen atoms in total. The third-order valence-electron chi connectivity index (χ3n) is 6.47. The fraction of sp³-hybridized carbons (Fsp3) is 0.333. The number of ether oxygens (including phenoxy) is 1. The quantitative estimate of drug-likeness (QED) is 0.511. The molecule has 6 rings (SSSR count). The van der Waals surface area contributed by atoms with E-state index in [0.29, 0.717) is 16.7 Å². The number of thiophene rings is 1. The SMILES string of the molecule is Cc1nnc2n1-c1sc3c(c1C(c1ccccc1Cl)=NC2)CCN(C(=S)NC1(C)CC=CO1)C3. The van der Waals surface area contributed by atoms with Gasteiger partial charge in [0.25, 0.3) is 0 Å². The van der Waals surface area contributed by atoms with Gasteiger partial charge in [-0.1, -0.05) is 29.8 Å². The number of aliphatic imine (C=N–C) groups is 1. The number of thiocarbonyl (C=S) groups is 1. The maximum atomic E-state index is 6.64. The maximum absolute atomic E-state index is 6.64. The number of hydrogen-bond donors (Lipinski definition) is 1. The molecule has 10 heteroatoms. The van der Waals surface area contributed by atoms with Gasteiger partial charge >= 0.3 is 0 Å². The van der Waals surface area contributed by atoms with Crippen molar-refractivity contribution in [1.29, 1.82) is 0 Å². The number of aryl methyl sites for hydroxylation is 1. The van der Waals surface area contributed by atoms with Crippen LogP contribution in [0.25, 0.3) is 5.00 Å². The molecule has 2 aromatic heterocycles. The summed E-state index contributed by atoms with van der Waals surface area (Å²) in [6, 6.07) is 7.91. The Labute approximate surface area is 212 Å². The maximum Gasteiger partial charge on any atom is 0.182 e. The van der Waals surface area contributed by atoms with E-state index in [4.69, 9.17) is 33.5 Å². The second-order valence-electron chi connectivity index (χ2n) is 8.85. The van der Waals surface area contributed by atoms with Crippen LogP contribution in [0.5, 0.6) is 0 Å². The smallest absolute Gasteiger partial charge is 0.182 e. The number of aromatic nitrogens is 3. The summed E-state index contributed by atoms with van der Waals surface area (Å²) >= 11 is 14.2. The average molecular weight is 511 g/mol. The van der Waals surface area contributed by atoms with Gasteiger partial charge in [0, 0.05) is 34.0 Å². The lowest BCUT2D eigenvalue weighted by atomic mass is 9.95. The molecule has 5 heterocycles. The summed E-state index contributed by atoms with van der Waals surface area (Å²) in [4.78, 5) is 8.49. The van der Waals surface area contributed by atoms with E-state index >= 15 is 0 Å². The Morgan fingerprint density at radius 3 is 2.94 bits per heavy atom. The Morgan fingerprint density at radius 2 is 2.15 bits per heavy atom. The number of halogens is 1. The first-order valence-electron chi connectivity index (χ1n) is 11.2. The number of nitrogens with one attached hydrogen (secondary N) is 1. The van der Waals surface area contributed by atoms with Gasteiger partial charge in [-0.15, -0.1) is 21.5 Å². The van der Waals surface area contributed by atoms with E-state index in [-0.39, 0.29) is 0 Å². The first-order chi connectivity index (χ1) is 16.4. The highest BCUT2D eigenvalue weighted by molar-refractivity contribution is 7.80. The average Bonchev–Trinajstić information content (AvgIpc) is 3.49. The molecule has 0 radical (unpaired) electrons. The fourth-order valence-corrected chi connectivity index (χ4v) is 6.77. The highest BCUT2D eigenvalue weighted by Crippen LogP contribution is 2.40. The Bertz CT molecular complexity index is 1370. The predicted octanol–water partition coefficient (Wildman–Crippen LogP) is 4.52. The Balaban J connectivity index is 1.41. The molecule has 34 heavy (non-hydrogen) atoms. The summed E-state index contributed by atoms with van der Waals surface area (Å²) in [5.41, 5.74) is 3.84. The van der Waals surface area contributed by atoms with Gasteiger partial charge in [-0.3, -0.25) is 9.56 Å². The van der Waals surface area contributed by atoms with Crippen LogP contribution in [0.15, 0.2) is 41.6 Å². The molecule has 0 saturated heterocycles. The van der Waals surface area contributed by atoms with E-state index in [0.717, 1.165) is 59.4 Å². The number of fused-ring (bicyclic) bond motifs is 5. The Morgan fingerprint density at radius 1 is 1.29 bits per heavy atom. The lowest BCUT2D eigenvalue weighted by Gasteiger charge is -2.34. The van der Waals surface area contributed by atoms with E-state index in [1.54, 1.807) is 17.6 Å². The zero-order valence-corrected chi connectivity index (χ0v) is 21.2. The highest BCUT2D eigenvalue weighted by Gasteiger charge is 2.34. The standard InChI is InChI=1S/C24H23ClN6OS2/c1-14-28-29-19-12-26-21(15-6-3-4-7-17(15)25)20-16-8-10-30(13-18(16)34-22(20)31(14)19)23(33)27-24(2)9-5-11-32-24/h3-7,11H,8-10,12-13H2,1-2H3,(H,27,33). The molecule has 0 bridgehead atoms. The second kappa shape index (κ2) is 8.18. The zero-order chi connectivity index (χ0) is 23.4. The second-order valence-corrected chi connectivity index (χ2v) is 10.7. The summed E-state index contributed by atoms with van der Waals surface area (Å²) in [7, 11) is 0. The van der Waals surface area contributed by atoms with Crippen LogP contribution in [0.3, 0.4) is 0 Å². The molecule has 1 atom stereocenters. The van der Waals surface area contributed by atoms with Crippen LogP contribution >= 0.6 is 35.2 Å². The minimum Gasteiger partial charge on any atom is -0.476 e. The van der Waals surface area contributed by atoms with Crippen molar-refractivity contribution in [3.05, 3.63) is 74.8 Å². The molecule has 0 aliphatic carbocycles. The number of rotatable bonds is 2. The molecule has 0 saturated carbocycles. The third kappa shape index (κ3) is 3.54. The van der Waals surface area contributed by atoms with Crippen LogP contribution < -0.4 is 5.32 Å². The van der Waals surface area contributed by atoms with Gasteiger partial charge in [-0.05, 0) is 50.2 Å². The van der Waals surface area contributed by atoms with Crippen molar-refractivity contribution in [3.8, 4) is 5.00 Å². The Kier molecular flexibility index (Phi) is 5.24. The monoisotopic (exact) mass is 510 g/mol. The molecule has 1 unspecified atom stereocenters. The molecule has 0 spiro atoms. The van der Waals surface area contributed by atoms with Crippen LogP contribution in [0.2, 0.25) is 5.02 Å². The van der Waals surface area contributed by atoms with Crippen LogP contribution in [-0.4, -0.2) is 42.8 Å². The first kappa shape index (κ1) is 21.8. The number of benzene rings is 1. The molecule has 1 N–H and O–H groups in total. The van der Waals surface area contributed by atoms with Crippen molar-refractivity contribution in [2.75, 3.05) is 6.54 Å². The van der Waals surface area contributed by atoms with E-state index in [1.807, 2.05) is 44.2 Å². The first-order valence-corrected chi connectivity index (χ1v) is 12.8. The molecule has 3 aliphatic rings. The Hall–Kier alpha value is -2.75. The van der Waals surface area contributed by atoms with E-state index in [9.17, 15) is 0 Å². The van der Waals surface area contributed by atoms with Gasteiger partial charge in [0.1, 0.15) is 17.4 Å². The molecule has 0 amide bonds. The summed E-state index contributed by atoms with van der Waals surface area (Å²) in [5.74, 6) is 1.70. The lowest BCUT2D eigenvalue weighted by molar-refractivity contribution is 0.0457. The van der Waals surface area contributed by atoms with Gasteiger partial charge in [0.15, 0.2) is 16.7 Å². The predicted molar refractivity (Wildman–Crippen MR) is 138 cm³/mol. The zero-order valence-electron chi connectivity index (χ0n) is 18.8. The molecule has 1 aromatic carbocycles. The summed E-state index contributed by atoms with van der Waals surface area (Å²) in [6.45, 7) is 6.01. The van der Waals surface area contributed by atoms with Gasteiger partial charge in [-0.25, -0.2) is 0 Å². The molecular weight excluding hydrogens is 488 g/mol. The van der Waals surface area contributed by atoms with E-state index in [1.165, 1.54) is 10.4 Å². The lowest BCUT2D eigenvalue weighted by Crippen LogP contribution is -2.52. The van der Waals surface area contributed by atoms with Crippen LogP contribution in [0.4, 0.5) is 0 Å². The van der Waals surface area contributed by atoms with E-state index < -0.39 is 5.72 Å². The molecule has 0 fully saturated rings. The van der Waals surface area contributed by atoms with Crippen molar-refractivity contribution in [2.45, 2.75) is 45.5 Å². The minimum absolute atomic E-state index is 0.463.